The number of hydrogen-bond donors (Lipinski definition) is 2. The van der Waals surface area contributed by atoms with E-state index in [-0.39, 0.29) is 6.61 Å². The Morgan fingerprint density at radius 2 is 2.00 bits per heavy atom. The molecule has 0 aliphatic heterocycles. The molecule has 0 heterocycles. The summed E-state index contributed by atoms with van der Waals surface area (Å²) in [4.78, 5) is 0. The van der Waals surface area contributed by atoms with E-state index in [0.29, 0.717) is 6.42 Å². The van der Waals surface area contributed by atoms with Crippen LogP contribution in [0.1, 0.15) is 18.9 Å². The summed E-state index contributed by atoms with van der Waals surface area (Å²) in [7, 11) is 0. The molecular formula is C11H15BrO2. The fourth-order valence-electron chi connectivity index (χ4n) is 1.18. The van der Waals surface area contributed by atoms with Crippen molar-refractivity contribution in [1.82, 2.24) is 0 Å². The Morgan fingerprint density at radius 3 is 2.57 bits per heavy atom. The van der Waals surface area contributed by atoms with Crippen molar-refractivity contribution in [2.24, 2.45) is 0 Å². The zero-order valence-corrected chi connectivity index (χ0v) is 9.79. The summed E-state index contributed by atoms with van der Waals surface area (Å²) in [5.41, 5.74) is 0.177. The minimum Gasteiger partial charge on any atom is -0.393 e. The molecule has 0 amide bonds. The van der Waals surface area contributed by atoms with Gasteiger partial charge in [-0.25, -0.2) is 0 Å². The van der Waals surface area contributed by atoms with Gasteiger partial charge in [0.25, 0.3) is 0 Å². The molecule has 0 saturated heterocycles. The van der Waals surface area contributed by atoms with Gasteiger partial charge in [-0.05, 0) is 31.4 Å². The van der Waals surface area contributed by atoms with E-state index in [1.54, 1.807) is 6.92 Å². The number of aliphatic hydroxyl groups is 2. The minimum atomic E-state index is -0.977. The van der Waals surface area contributed by atoms with Crippen LogP contribution < -0.4 is 0 Å². The summed E-state index contributed by atoms with van der Waals surface area (Å²) >= 11 is 3.44. The average molecular weight is 259 g/mol. The molecule has 0 aliphatic rings. The van der Waals surface area contributed by atoms with E-state index in [1.807, 2.05) is 24.3 Å². The summed E-state index contributed by atoms with van der Waals surface area (Å²) in [5.74, 6) is 0. The van der Waals surface area contributed by atoms with Crippen LogP contribution in [0.15, 0.2) is 28.7 Å². The Kier molecular flexibility index (Phi) is 4.11. The van der Waals surface area contributed by atoms with Gasteiger partial charge in [-0.1, -0.05) is 34.1 Å². The summed E-state index contributed by atoms with van der Waals surface area (Å²) in [6, 6.07) is 7.91. The van der Waals surface area contributed by atoms with Crippen molar-refractivity contribution in [2.75, 3.05) is 6.61 Å². The summed E-state index contributed by atoms with van der Waals surface area (Å²) in [5, 5.41) is 18.5. The third-order valence-electron chi connectivity index (χ3n) is 2.23. The first-order valence-electron chi connectivity index (χ1n) is 4.62. The molecule has 14 heavy (non-hydrogen) atoms. The molecule has 78 valence electrons. The monoisotopic (exact) mass is 258 g/mol. The van der Waals surface area contributed by atoms with Crippen molar-refractivity contribution in [3.63, 3.8) is 0 Å². The van der Waals surface area contributed by atoms with Crippen molar-refractivity contribution >= 4 is 15.9 Å². The smallest absolute Gasteiger partial charge is 0.0852 e. The van der Waals surface area contributed by atoms with Gasteiger partial charge in [0.2, 0.25) is 0 Å². The molecule has 1 aromatic carbocycles. The third kappa shape index (κ3) is 3.40. The minimum absolute atomic E-state index is 0.197. The zero-order valence-electron chi connectivity index (χ0n) is 8.20. The predicted octanol–water partition coefficient (Wildman–Crippen LogP) is 2.12. The van der Waals surface area contributed by atoms with E-state index in [1.165, 1.54) is 0 Å². The van der Waals surface area contributed by atoms with Crippen LogP contribution in [0.25, 0.3) is 0 Å². The van der Waals surface area contributed by atoms with E-state index >= 15 is 0 Å². The molecule has 0 aromatic heterocycles. The average Bonchev–Trinajstić information content (AvgIpc) is 2.17. The van der Waals surface area contributed by atoms with Gasteiger partial charge in [0, 0.05) is 4.47 Å². The van der Waals surface area contributed by atoms with Crippen molar-refractivity contribution in [1.29, 1.82) is 0 Å². The highest BCUT2D eigenvalue weighted by molar-refractivity contribution is 9.10. The Balaban J connectivity index is 2.58. The van der Waals surface area contributed by atoms with E-state index < -0.39 is 5.60 Å². The molecule has 0 bridgehead atoms. The number of hydrogen-bond acceptors (Lipinski definition) is 2. The molecule has 2 nitrogen and oxygen atoms in total. The van der Waals surface area contributed by atoms with Crippen molar-refractivity contribution in [3.05, 3.63) is 34.3 Å². The highest BCUT2D eigenvalue weighted by Crippen LogP contribution is 2.20. The molecule has 1 atom stereocenters. The molecular weight excluding hydrogens is 244 g/mol. The van der Waals surface area contributed by atoms with Crippen LogP contribution in [0.5, 0.6) is 0 Å². The van der Waals surface area contributed by atoms with Gasteiger partial charge in [-0.3, -0.25) is 0 Å². The maximum Gasteiger partial charge on any atom is 0.0852 e. The first kappa shape index (κ1) is 11.7. The lowest BCUT2D eigenvalue weighted by Crippen LogP contribution is -2.29. The Hall–Kier alpha value is -0.380. The number of aliphatic hydroxyl groups excluding tert-OH is 1. The van der Waals surface area contributed by atoms with Crippen molar-refractivity contribution in [3.8, 4) is 0 Å². The van der Waals surface area contributed by atoms with Crippen molar-refractivity contribution in [2.45, 2.75) is 25.4 Å². The Labute approximate surface area is 92.7 Å². The first-order valence-corrected chi connectivity index (χ1v) is 5.41. The molecule has 0 aliphatic carbocycles. The second kappa shape index (κ2) is 4.91. The molecule has 0 fully saturated rings. The Morgan fingerprint density at radius 1 is 1.36 bits per heavy atom. The zero-order chi connectivity index (χ0) is 10.6. The SMILES string of the molecule is CC(O)(CO)CCc1ccccc1Br. The highest BCUT2D eigenvalue weighted by Gasteiger charge is 2.18. The summed E-state index contributed by atoms with van der Waals surface area (Å²) in [6.07, 6.45) is 1.32. The van der Waals surface area contributed by atoms with Gasteiger partial charge in [0.05, 0.1) is 12.2 Å². The van der Waals surface area contributed by atoms with Gasteiger partial charge in [-0.2, -0.15) is 0 Å². The molecule has 1 rings (SSSR count). The lowest BCUT2D eigenvalue weighted by atomic mass is 9.98. The molecule has 0 saturated carbocycles. The standard InChI is InChI=1S/C11H15BrO2/c1-11(14,8-13)7-6-9-4-2-3-5-10(9)12/h2-5,13-14H,6-8H2,1H3. The van der Waals surface area contributed by atoms with Crippen LogP contribution in [0, 0.1) is 0 Å². The summed E-state index contributed by atoms with van der Waals surface area (Å²) < 4.78 is 1.05. The van der Waals surface area contributed by atoms with E-state index in [4.69, 9.17) is 5.11 Å². The normalized spacial score (nSPS) is 15.1. The van der Waals surface area contributed by atoms with E-state index in [9.17, 15) is 5.11 Å². The first-order chi connectivity index (χ1) is 6.55. The number of aryl methyl sites for hydroxylation is 1. The number of halogens is 1. The fourth-order valence-corrected chi connectivity index (χ4v) is 1.67. The number of benzene rings is 1. The maximum absolute atomic E-state index is 9.61. The topological polar surface area (TPSA) is 40.5 Å². The van der Waals surface area contributed by atoms with Crippen LogP contribution in [0.4, 0.5) is 0 Å². The number of rotatable bonds is 4. The van der Waals surface area contributed by atoms with Gasteiger partial charge in [0.1, 0.15) is 0 Å². The second-order valence-electron chi connectivity index (χ2n) is 3.75. The molecule has 1 unspecified atom stereocenters. The maximum atomic E-state index is 9.61. The van der Waals surface area contributed by atoms with Crippen LogP contribution in [0.2, 0.25) is 0 Å². The summed E-state index contributed by atoms with van der Waals surface area (Å²) in [6.45, 7) is 1.45. The van der Waals surface area contributed by atoms with Crippen LogP contribution in [-0.4, -0.2) is 22.4 Å². The van der Waals surface area contributed by atoms with Crippen LogP contribution >= 0.6 is 15.9 Å². The molecule has 0 spiro atoms. The van der Waals surface area contributed by atoms with E-state index in [2.05, 4.69) is 15.9 Å². The van der Waals surface area contributed by atoms with Gasteiger partial charge >= 0.3 is 0 Å². The van der Waals surface area contributed by atoms with Crippen molar-refractivity contribution < 1.29 is 10.2 Å². The largest absolute Gasteiger partial charge is 0.393 e. The molecule has 3 heteroatoms. The van der Waals surface area contributed by atoms with Crippen LogP contribution in [0.3, 0.4) is 0 Å². The second-order valence-corrected chi connectivity index (χ2v) is 4.60. The third-order valence-corrected chi connectivity index (χ3v) is 3.01. The molecule has 2 N–H and O–H groups in total. The quantitative estimate of drug-likeness (QED) is 0.869. The van der Waals surface area contributed by atoms with Gasteiger partial charge < -0.3 is 10.2 Å². The predicted molar refractivity (Wildman–Crippen MR) is 60.2 cm³/mol. The van der Waals surface area contributed by atoms with Crippen LogP contribution in [-0.2, 0) is 6.42 Å². The van der Waals surface area contributed by atoms with Gasteiger partial charge in [-0.15, -0.1) is 0 Å². The fraction of sp³-hybridized carbons (Fsp3) is 0.455. The lowest BCUT2D eigenvalue weighted by molar-refractivity contribution is -0.00476. The van der Waals surface area contributed by atoms with E-state index in [0.717, 1.165) is 16.5 Å². The molecule has 0 radical (unpaired) electrons. The lowest BCUT2D eigenvalue weighted by Gasteiger charge is -2.20. The van der Waals surface area contributed by atoms with Gasteiger partial charge in [0.15, 0.2) is 0 Å². The molecule has 1 aromatic rings. The Bertz CT molecular complexity index is 297. The highest BCUT2D eigenvalue weighted by atomic mass is 79.9.